The zero-order valence-corrected chi connectivity index (χ0v) is 10.7. The summed E-state index contributed by atoms with van der Waals surface area (Å²) in [5.74, 6) is 0. The lowest BCUT2D eigenvalue weighted by molar-refractivity contribution is 0.345. The third kappa shape index (κ3) is 3.19. The average Bonchev–Trinajstić information content (AvgIpc) is 2.78. The van der Waals surface area contributed by atoms with Gasteiger partial charge in [0, 0.05) is 22.8 Å². The average molecular weight is 245 g/mol. The molecule has 1 heterocycles. The van der Waals surface area contributed by atoms with E-state index in [1.807, 2.05) is 18.2 Å². The van der Waals surface area contributed by atoms with Gasteiger partial charge in [-0.05, 0) is 18.5 Å². The molecule has 2 nitrogen and oxygen atoms in total. The second kappa shape index (κ2) is 6.01. The highest BCUT2D eigenvalue weighted by Gasteiger charge is 2.22. The van der Waals surface area contributed by atoms with Gasteiger partial charge in [-0.3, -0.25) is 0 Å². The summed E-state index contributed by atoms with van der Waals surface area (Å²) in [6, 6.07) is 14.5. The molecule has 1 aromatic heterocycles. The highest BCUT2D eigenvalue weighted by molar-refractivity contribution is 7.24. The SMILES string of the molecule is Cc1ccc(B(OCCN)c2ccccc2)s1. The van der Waals surface area contributed by atoms with Gasteiger partial charge in [0.15, 0.2) is 0 Å². The highest BCUT2D eigenvalue weighted by Crippen LogP contribution is 2.06. The van der Waals surface area contributed by atoms with E-state index in [1.54, 1.807) is 11.3 Å². The molecule has 17 heavy (non-hydrogen) atoms. The van der Waals surface area contributed by atoms with E-state index in [9.17, 15) is 0 Å². The molecule has 0 saturated carbocycles. The number of thiophene rings is 1. The molecular weight excluding hydrogens is 229 g/mol. The zero-order valence-electron chi connectivity index (χ0n) is 9.93. The van der Waals surface area contributed by atoms with E-state index in [0.29, 0.717) is 13.2 Å². The van der Waals surface area contributed by atoms with Gasteiger partial charge in [0.1, 0.15) is 0 Å². The molecule has 0 bridgehead atoms. The molecule has 0 aliphatic heterocycles. The second-order valence-corrected chi connectivity index (χ2v) is 5.22. The maximum absolute atomic E-state index is 5.86. The van der Waals surface area contributed by atoms with Crippen molar-refractivity contribution in [2.24, 2.45) is 5.73 Å². The molecular formula is C13H16BNOS. The van der Waals surface area contributed by atoms with Crippen molar-refractivity contribution in [3.8, 4) is 0 Å². The van der Waals surface area contributed by atoms with Crippen LogP contribution in [0.4, 0.5) is 0 Å². The molecule has 0 aliphatic carbocycles. The summed E-state index contributed by atoms with van der Waals surface area (Å²) in [5.41, 5.74) is 6.70. The molecule has 0 radical (unpaired) electrons. The Hall–Kier alpha value is -1.10. The van der Waals surface area contributed by atoms with Crippen molar-refractivity contribution in [2.75, 3.05) is 13.2 Å². The number of hydrogen-bond donors (Lipinski definition) is 1. The van der Waals surface area contributed by atoms with Crippen LogP contribution < -0.4 is 16.0 Å². The van der Waals surface area contributed by atoms with Crippen molar-refractivity contribution in [1.29, 1.82) is 0 Å². The van der Waals surface area contributed by atoms with Gasteiger partial charge in [-0.15, -0.1) is 0 Å². The largest absolute Gasteiger partial charge is 0.425 e. The summed E-state index contributed by atoms with van der Waals surface area (Å²) < 4.78 is 7.10. The Balaban J connectivity index is 2.25. The summed E-state index contributed by atoms with van der Waals surface area (Å²) in [4.78, 5) is 1.30. The van der Waals surface area contributed by atoms with Gasteiger partial charge in [-0.2, -0.15) is 11.3 Å². The fraction of sp³-hybridized carbons (Fsp3) is 0.231. The smallest absolute Gasteiger partial charge is 0.372 e. The Kier molecular flexibility index (Phi) is 4.37. The normalized spacial score (nSPS) is 10.5. The summed E-state index contributed by atoms with van der Waals surface area (Å²) in [5, 5.41) is 0. The minimum Gasteiger partial charge on any atom is -0.425 e. The maximum atomic E-state index is 5.86. The number of aryl methyl sites for hydroxylation is 1. The molecule has 4 heteroatoms. The summed E-state index contributed by atoms with van der Waals surface area (Å²) in [6.07, 6.45) is 0. The first-order valence-corrected chi connectivity index (χ1v) is 6.56. The van der Waals surface area contributed by atoms with Gasteiger partial charge >= 0.3 is 6.92 Å². The van der Waals surface area contributed by atoms with E-state index < -0.39 is 0 Å². The summed E-state index contributed by atoms with van der Waals surface area (Å²) in [7, 11) is 0. The molecule has 0 amide bonds. The molecule has 2 N–H and O–H groups in total. The van der Waals surface area contributed by atoms with Crippen LogP contribution in [0.25, 0.3) is 0 Å². The maximum Gasteiger partial charge on any atom is 0.372 e. The molecule has 2 aromatic rings. The van der Waals surface area contributed by atoms with Crippen LogP contribution in [0.3, 0.4) is 0 Å². The van der Waals surface area contributed by atoms with Crippen molar-refractivity contribution >= 4 is 28.5 Å². The molecule has 0 spiro atoms. The lowest BCUT2D eigenvalue weighted by Gasteiger charge is -2.12. The topological polar surface area (TPSA) is 35.2 Å². The molecule has 0 unspecified atom stereocenters. The van der Waals surface area contributed by atoms with Crippen molar-refractivity contribution in [1.82, 2.24) is 0 Å². The lowest BCUT2D eigenvalue weighted by Crippen LogP contribution is -2.44. The van der Waals surface area contributed by atoms with Gasteiger partial charge in [-0.25, -0.2) is 0 Å². The molecule has 0 fully saturated rings. The van der Waals surface area contributed by atoms with Gasteiger partial charge in [-0.1, -0.05) is 36.4 Å². The Morgan fingerprint density at radius 3 is 2.53 bits per heavy atom. The van der Waals surface area contributed by atoms with Gasteiger partial charge < -0.3 is 10.4 Å². The number of rotatable bonds is 5. The van der Waals surface area contributed by atoms with E-state index in [-0.39, 0.29) is 6.92 Å². The van der Waals surface area contributed by atoms with Crippen LogP contribution in [-0.4, -0.2) is 20.1 Å². The fourth-order valence-corrected chi connectivity index (χ4v) is 2.71. The Bertz CT molecular complexity index is 457. The number of benzene rings is 1. The van der Waals surface area contributed by atoms with Crippen LogP contribution in [0.1, 0.15) is 4.88 Å². The van der Waals surface area contributed by atoms with E-state index in [2.05, 4.69) is 31.2 Å². The first-order valence-electron chi connectivity index (χ1n) is 5.74. The molecule has 88 valence electrons. The van der Waals surface area contributed by atoms with Crippen LogP contribution >= 0.6 is 11.3 Å². The van der Waals surface area contributed by atoms with Crippen LogP contribution in [-0.2, 0) is 4.65 Å². The van der Waals surface area contributed by atoms with Crippen molar-refractivity contribution < 1.29 is 4.65 Å². The Labute approximate surface area is 107 Å². The predicted molar refractivity (Wildman–Crippen MR) is 75.5 cm³/mol. The number of nitrogens with two attached hydrogens (primary N) is 1. The first kappa shape index (κ1) is 12.4. The minimum absolute atomic E-state index is 0.0125. The van der Waals surface area contributed by atoms with E-state index in [4.69, 9.17) is 10.4 Å². The third-order valence-electron chi connectivity index (χ3n) is 2.52. The van der Waals surface area contributed by atoms with Crippen molar-refractivity contribution in [2.45, 2.75) is 6.92 Å². The van der Waals surface area contributed by atoms with Crippen LogP contribution in [0.5, 0.6) is 0 Å². The zero-order chi connectivity index (χ0) is 12.1. The van der Waals surface area contributed by atoms with E-state index in [0.717, 1.165) is 0 Å². The van der Waals surface area contributed by atoms with E-state index >= 15 is 0 Å². The van der Waals surface area contributed by atoms with Crippen molar-refractivity contribution in [3.63, 3.8) is 0 Å². The van der Waals surface area contributed by atoms with Gasteiger partial charge in [0.05, 0.1) is 0 Å². The molecule has 0 saturated heterocycles. The Morgan fingerprint density at radius 2 is 1.94 bits per heavy atom. The first-order chi connectivity index (χ1) is 8.31. The van der Waals surface area contributed by atoms with Crippen LogP contribution in [0, 0.1) is 6.92 Å². The minimum atomic E-state index is 0.0125. The predicted octanol–water partition coefficient (Wildman–Crippen LogP) is 1.14. The standard InChI is InChI=1S/C13H16BNOS/c1-11-7-8-13(17-11)14(16-10-9-15)12-5-3-2-4-6-12/h2-8H,9-10,15H2,1H3. The molecule has 1 aromatic carbocycles. The van der Waals surface area contributed by atoms with Crippen LogP contribution in [0.15, 0.2) is 42.5 Å². The summed E-state index contributed by atoms with van der Waals surface area (Å²) in [6.45, 7) is 3.25. The monoisotopic (exact) mass is 245 g/mol. The second-order valence-electron chi connectivity index (χ2n) is 3.90. The molecule has 0 aliphatic rings. The molecule has 2 rings (SSSR count). The molecule has 0 atom stereocenters. The third-order valence-corrected chi connectivity index (χ3v) is 3.57. The number of hydrogen-bond acceptors (Lipinski definition) is 3. The van der Waals surface area contributed by atoms with Gasteiger partial charge in [0.2, 0.25) is 0 Å². The lowest BCUT2D eigenvalue weighted by atomic mass is 9.60. The highest BCUT2D eigenvalue weighted by atomic mass is 32.1. The van der Waals surface area contributed by atoms with E-state index in [1.165, 1.54) is 15.1 Å². The quantitative estimate of drug-likeness (QED) is 0.802. The van der Waals surface area contributed by atoms with Crippen molar-refractivity contribution in [3.05, 3.63) is 47.3 Å². The summed E-state index contributed by atoms with van der Waals surface area (Å²) >= 11 is 1.78. The fourth-order valence-electron chi connectivity index (χ4n) is 1.75. The van der Waals surface area contributed by atoms with Crippen LogP contribution in [0.2, 0.25) is 0 Å². The van der Waals surface area contributed by atoms with Gasteiger partial charge in [0.25, 0.3) is 0 Å². The Morgan fingerprint density at radius 1 is 1.18 bits per heavy atom.